The summed E-state index contributed by atoms with van der Waals surface area (Å²) in [7, 11) is 2.68. The first kappa shape index (κ1) is 79.0. The third-order valence-corrected chi connectivity index (χ3v) is 20.1. The van der Waals surface area contributed by atoms with Gasteiger partial charge in [0.2, 0.25) is 0 Å². The number of rotatable bonds is 25. The average Bonchev–Trinajstić information content (AvgIpc) is 0.870. The van der Waals surface area contributed by atoms with Crippen molar-refractivity contribution in [2.45, 2.75) is 188 Å². The fraction of sp³-hybridized carbons (Fsp3) is 0.474. The van der Waals surface area contributed by atoms with Gasteiger partial charge in [0.05, 0.1) is 47.4 Å². The SMILES string of the molecule is CCCC(C)N1CCC(N(Cc2ccccc2)C(=O)Nc2ccc(C(=O)OC)cc2Cl)CC1.CCCC(C)N1CCC(N(Cc2ccccc2)C(=O)Nc2ccc(C(=O)OC)cc2I)CC1.CCCC(C)N1CCC(N(Cc2ccccc2)C(=O)Nc2ccccc2OC(C)(F)F)CC1. The van der Waals surface area contributed by atoms with Gasteiger partial charge in [0.1, 0.15) is 5.75 Å². The molecule has 3 aliphatic heterocycles. The number of carbonyl (C=O) groups excluding carboxylic acids is 5. The number of nitrogens with one attached hydrogen (secondary N) is 3. The second-order valence-electron chi connectivity index (χ2n) is 26.1. The van der Waals surface area contributed by atoms with E-state index >= 15 is 0 Å². The van der Waals surface area contributed by atoms with Gasteiger partial charge in [-0.2, -0.15) is 8.78 Å². The monoisotopic (exact) mass is 1490 g/mol. The number of hydrogen-bond donors (Lipinski definition) is 3. The van der Waals surface area contributed by atoms with Crippen LogP contribution < -0.4 is 20.7 Å². The van der Waals surface area contributed by atoms with Crippen LogP contribution in [0.15, 0.2) is 152 Å². The Hall–Kier alpha value is -7.37. The van der Waals surface area contributed by atoms with Crippen LogP contribution in [0.5, 0.6) is 5.75 Å². The summed E-state index contributed by atoms with van der Waals surface area (Å²) >= 11 is 8.50. The summed E-state index contributed by atoms with van der Waals surface area (Å²) in [6.07, 6.45) is 9.30. The molecule has 0 saturated carbocycles. The predicted molar refractivity (Wildman–Crippen MR) is 401 cm³/mol. The standard InChI is InChI=1S/C26H34ClN3O3.C26H35F2N3O2.C26H34IN3O3/c1-4-8-19(2)29-15-13-22(14-16-29)30(18-20-9-6-5-7-10-20)26(32)28-24-12-11-21(17-23(24)27)25(31)33-3;1-4-10-20(2)30-17-15-22(16-18-30)31(19-21-11-6-5-7-12-21)25(32)29-23-13-8-9-14-24(23)33-26(3,27)28;1-4-8-19(2)29-15-13-22(14-16-29)30(18-20-9-6-5-7-10-20)26(32)28-24-12-11-21(17-23(24)27)25(31)33-3/h5-7,9-12,17,19,22H,4,8,13-16,18H2,1-3H3,(H,28,32);5-9,11-14,20,22H,4,10,15-19H2,1-3H3,(H,29,32);5-7,9-12,17,19,22H,4,8,13-16,18H2,1-3H3,(H,28,32). The number of carbonyl (C=O) groups is 5. The summed E-state index contributed by atoms with van der Waals surface area (Å²) in [5.74, 6) is -0.911. The van der Waals surface area contributed by atoms with Crippen LogP contribution in [0.2, 0.25) is 5.02 Å². The Bertz CT molecular complexity index is 3310. The van der Waals surface area contributed by atoms with E-state index < -0.39 is 12.1 Å². The van der Waals surface area contributed by atoms with Gasteiger partial charge in [-0.15, -0.1) is 0 Å². The van der Waals surface area contributed by atoms with Crippen LogP contribution in [0.4, 0.5) is 40.2 Å². The van der Waals surface area contributed by atoms with Crippen molar-refractivity contribution >= 4 is 81.3 Å². The molecule has 0 bridgehead atoms. The third kappa shape index (κ3) is 24.7. The number of anilines is 3. The van der Waals surface area contributed by atoms with Crippen LogP contribution in [0.1, 0.15) is 163 Å². The first-order valence-corrected chi connectivity index (χ1v) is 36.6. The van der Waals surface area contributed by atoms with Crippen LogP contribution in [0.3, 0.4) is 0 Å². The van der Waals surface area contributed by atoms with Gasteiger partial charge in [-0.05, 0) is 166 Å². The van der Waals surface area contributed by atoms with Gasteiger partial charge < -0.3 is 59.6 Å². The van der Waals surface area contributed by atoms with Gasteiger partial charge in [0.25, 0.3) is 0 Å². The number of benzene rings is 6. The number of urea groups is 3. The number of methoxy groups -OCH3 is 2. The molecule has 536 valence electrons. The number of hydrogen-bond acceptors (Lipinski definition) is 11. The highest BCUT2D eigenvalue weighted by Crippen LogP contribution is 2.33. The molecule has 6 aromatic carbocycles. The molecule has 3 aliphatic rings. The Balaban J connectivity index is 0.000000209. The van der Waals surface area contributed by atoms with Gasteiger partial charge in [0, 0.05) is 106 Å². The zero-order valence-electron chi connectivity index (χ0n) is 59.2. The number of amides is 6. The second kappa shape index (κ2) is 40.2. The van der Waals surface area contributed by atoms with Crippen molar-refractivity contribution in [3.8, 4) is 5.75 Å². The number of ether oxygens (including phenoxy) is 3. The van der Waals surface area contributed by atoms with Gasteiger partial charge in [-0.25, -0.2) is 24.0 Å². The highest BCUT2D eigenvalue weighted by atomic mass is 127. The molecule has 17 nitrogen and oxygen atoms in total. The van der Waals surface area contributed by atoms with E-state index in [4.69, 9.17) is 25.8 Å². The molecule has 3 heterocycles. The van der Waals surface area contributed by atoms with E-state index in [1.54, 1.807) is 48.5 Å². The fourth-order valence-corrected chi connectivity index (χ4v) is 14.2. The van der Waals surface area contributed by atoms with E-state index in [0.717, 1.165) is 111 Å². The molecule has 99 heavy (non-hydrogen) atoms. The quantitative estimate of drug-likeness (QED) is 0.0368. The van der Waals surface area contributed by atoms with Crippen molar-refractivity contribution < 1.29 is 47.0 Å². The van der Waals surface area contributed by atoms with Crippen molar-refractivity contribution in [1.29, 1.82) is 0 Å². The lowest BCUT2D eigenvalue weighted by molar-refractivity contribution is -0.158. The zero-order chi connectivity index (χ0) is 71.4. The van der Waals surface area contributed by atoms with Crippen molar-refractivity contribution in [1.82, 2.24) is 29.4 Å². The summed E-state index contributed by atoms with van der Waals surface area (Å²) in [5, 5.41) is 9.16. The van der Waals surface area contributed by atoms with Crippen molar-refractivity contribution in [3.63, 3.8) is 0 Å². The molecule has 3 unspecified atom stereocenters. The number of piperidine rings is 3. The Labute approximate surface area is 604 Å². The summed E-state index contributed by atoms with van der Waals surface area (Å²) in [6, 6.07) is 47.7. The number of esters is 2. The molecule has 0 spiro atoms. The molecule has 0 aliphatic carbocycles. The molecule has 3 N–H and O–H groups in total. The van der Waals surface area contributed by atoms with E-state index in [1.807, 2.05) is 93.6 Å². The molecule has 6 amide bonds. The van der Waals surface area contributed by atoms with E-state index in [9.17, 15) is 32.8 Å². The van der Waals surface area contributed by atoms with E-state index in [0.29, 0.717) is 72.2 Å². The van der Waals surface area contributed by atoms with Crippen LogP contribution in [0.25, 0.3) is 0 Å². The van der Waals surface area contributed by atoms with E-state index in [-0.39, 0.29) is 53.6 Å². The molecule has 3 atom stereocenters. The number of nitrogens with zero attached hydrogens (tertiary/aromatic N) is 6. The Kier molecular flexibility index (Phi) is 32.0. The Morgan fingerprint density at radius 2 is 0.818 bits per heavy atom. The third-order valence-electron chi connectivity index (χ3n) is 18.9. The normalized spacial score (nSPS) is 15.8. The number of para-hydroxylation sites is 2. The van der Waals surface area contributed by atoms with Gasteiger partial charge in [-0.1, -0.05) is 155 Å². The minimum Gasteiger partial charge on any atom is -0.465 e. The topological polar surface area (TPSA) is 169 Å². The predicted octanol–water partition coefficient (Wildman–Crippen LogP) is 17.9. The molecular formula is C78H103ClF2IN9O8. The summed E-state index contributed by atoms with van der Waals surface area (Å²) in [4.78, 5) is 77.1. The lowest BCUT2D eigenvalue weighted by Crippen LogP contribution is -2.50. The Morgan fingerprint density at radius 1 is 0.495 bits per heavy atom. The highest BCUT2D eigenvalue weighted by molar-refractivity contribution is 14.1. The largest absolute Gasteiger partial charge is 0.465 e. The fourth-order valence-electron chi connectivity index (χ4n) is 13.3. The van der Waals surface area contributed by atoms with Gasteiger partial charge in [-0.3, -0.25) is 0 Å². The number of likely N-dealkylation sites (tertiary alicyclic amines) is 3. The van der Waals surface area contributed by atoms with Crippen LogP contribution in [-0.2, 0) is 29.1 Å². The summed E-state index contributed by atoms with van der Waals surface area (Å²) in [5.41, 5.74) is 5.44. The van der Waals surface area contributed by atoms with Crippen molar-refractivity contribution in [2.75, 3.05) is 69.4 Å². The number of alkyl halides is 2. The van der Waals surface area contributed by atoms with Crippen LogP contribution in [0, 0.1) is 3.57 Å². The molecule has 3 saturated heterocycles. The first-order valence-electron chi connectivity index (χ1n) is 35.1. The first-order chi connectivity index (χ1) is 47.6. The van der Waals surface area contributed by atoms with Crippen LogP contribution >= 0.6 is 34.2 Å². The average molecular weight is 1500 g/mol. The minimum atomic E-state index is -3.34. The van der Waals surface area contributed by atoms with Gasteiger partial charge >= 0.3 is 36.1 Å². The molecule has 0 aromatic heterocycles. The zero-order valence-corrected chi connectivity index (χ0v) is 62.1. The molecular weight excluding hydrogens is 1390 g/mol. The van der Waals surface area contributed by atoms with Gasteiger partial charge in [0.15, 0.2) is 0 Å². The molecule has 9 rings (SSSR count). The van der Waals surface area contributed by atoms with E-state index in [2.05, 4.69) is 107 Å². The van der Waals surface area contributed by atoms with E-state index in [1.165, 1.54) is 52.0 Å². The van der Waals surface area contributed by atoms with Crippen LogP contribution in [-0.4, -0.2) is 155 Å². The van der Waals surface area contributed by atoms with Crippen molar-refractivity contribution in [3.05, 3.63) is 188 Å². The molecule has 6 aromatic rings. The lowest BCUT2D eigenvalue weighted by Gasteiger charge is -2.40. The molecule has 3 fully saturated rings. The maximum Gasteiger partial charge on any atom is 0.394 e. The van der Waals surface area contributed by atoms with Crippen molar-refractivity contribution in [2.24, 2.45) is 0 Å². The smallest absolute Gasteiger partial charge is 0.394 e. The summed E-state index contributed by atoms with van der Waals surface area (Å²) in [6.45, 7) is 21.6. The Morgan fingerprint density at radius 3 is 1.15 bits per heavy atom. The maximum absolute atomic E-state index is 13.5. The maximum atomic E-state index is 13.5. The highest BCUT2D eigenvalue weighted by Gasteiger charge is 2.34. The summed E-state index contributed by atoms with van der Waals surface area (Å²) < 4.78 is 42.0. The molecule has 21 heteroatoms. The lowest BCUT2D eigenvalue weighted by atomic mass is 10.00. The number of halogens is 4. The minimum absolute atomic E-state index is 0.0544. The second-order valence-corrected chi connectivity index (χ2v) is 27.7. The molecule has 0 radical (unpaired) electrons.